The summed E-state index contributed by atoms with van der Waals surface area (Å²) in [4.78, 5) is 5.24. The average molecular weight is 486 g/mol. The van der Waals surface area contributed by atoms with Gasteiger partial charge in [-0.1, -0.05) is 103 Å². The fourth-order valence-corrected chi connectivity index (χ4v) is 5.95. The molecule has 8 rings (SSSR count). The van der Waals surface area contributed by atoms with Crippen molar-refractivity contribution in [3.63, 3.8) is 0 Å². The Hall–Kier alpha value is -4.95. The molecule has 0 radical (unpaired) electrons. The van der Waals surface area contributed by atoms with Crippen LogP contribution in [0.5, 0.6) is 0 Å². The molecule has 0 bridgehead atoms. The van der Waals surface area contributed by atoms with Crippen LogP contribution in [0.1, 0.15) is 5.56 Å². The number of pyridine rings is 1. The Labute approximate surface area is 219 Å². The highest BCUT2D eigenvalue weighted by atomic mass is 16.3. The number of para-hydroxylation sites is 2. The van der Waals surface area contributed by atoms with Crippen LogP contribution in [-0.2, 0) is 0 Å². The second-order valence-corrected chi connectivity index (χ2v) is 10.0. The summed E-state index contributed by atoms with van der Waals surface area (Å²) in [6.07, 6.45) is 0. The molecule has 0 spiro atoms. The molecule has 178 valence electrons. The SMILES string of the molecule is Cc1cccc2c1oc1c(-c3cccc(-c4ccc5c6ccccc6c6ccccc6c5n4)c3)cccc12. The Morgan fingerprint density at radius 2 is 1.05 bits per heavy atom. The summed E-state index contributed by atoms with van der Waals surface area (Å²) < 4.78 is 6.45. The molecule has 0 amide bonds. The molecular weight excluding hydrogens is 462 g/mol. The minimum atomic E-state index is 0.929. The molecule has 0 saturated heterocycles. The third-order valence-electron chi connectivity index (χ3n) is 7.78. The van der Waals surface area contributed by atoms with Gasteiger partial charge in [0, 0.05) is 32.7 Å². The molecule has 2 heteroatoms. The monoisotopic (exact) mass is 485 g/mol. The van der Waals surface area contributed by atoms with E-state index < -0.39 is 0 Å². The van der Waals surface area contributed by atoms with E-state index in [0.29, 0.717) is 0 Å². The molecular formula is C36H23NO. The Morgan fingerprint density at radius 1 is 0.474 bits per heavy atom. The molecule has 0 N–H and O–H groups in total. The van der Waals surface area contributed by atoms with Gasteiger partial charge in [0.15, 0.2) is 0 Å². The van der Waals surface area contributed by atoms with Crippen LogP contribution in [0.4, 0.5) is 0 Å². The lowest BCUT2D eigenvalue weighted by Crippen LogP contribution is -1.90. The Balaban J connectivity index is 1.34. The molecule has 8 aromatic rings. The fourth-order valence-electron chi connectivity index (χ4n) is 5.95. The minimum absolute atomic E-state index is 0.929. The van der Waals surface area contributed by atoms with Gasteiger partial charge in [0.2, 0.25) is 0 Å². The minimum Gasteiger partial charge on any atom is -0.455 e. The first-order chi connectivity index (χ1) is 18.8. The van der Waals surface area contributed by atoms with Gasteiger partial charge < -0.3 is 4.42 Å². The lowest BCUT2D eigenvalue weighted by atomic mass is 9.96. The topological polar surface area (TPSA) is 26.0 Å². The first-order valence-corrected chi connectivity index (χ1v) is 13.0. The molecule has 2 nitrogen and oxygen atoms in total. The van der Waals surface area contributed by atoms with Crippen molar-refractivity contribution in [2.24, 2.45) is 0 Å². The number of hydrogen-bond acceptors (Lipinski definition) is 2. The van der Waals surface area contributed by atoms with E-state index in [-0.39, 0.29) is 0 Å². The van der Waals surface area contributed by atoms with Crippen molar-refractivity contribution >= 4 is 54.4 Å². The molecule has 0 aliphatic heterocycles. The molecule has 0 saturated carbocycles. The zero-order valence-corrected chi connectivity index (χ0v) is 20.9. The second-order valence-electron chi connectivity index (χ2n) is 10.0. The number of fused-ring (bicyclic) bond motifs is 9. The highest BCUT2D eigenvalue weighted by Crippen LogP contribution is 2.39. The van der Waals surface area contributed by atoms with Crippen molar-refractivity contribution in [2.75, 3.05) is 0 Å². The lowest BCUT2D eigenvalue weighted by Gasteiger charge is -2.12. The molecule has 2 aromatic heterocycles. The molecule has 0 aliphatic carbocycles. The number of nitrogens with zero attached hydrogens (tertiary/aromatic N) is 1. The average Bonchev–Trinajstić information content (AvgIpc) is 3.37. The Kier molecular flexibility index (Phi) is 4.47. The normalized spacial score (nSPS) is 11.8. The maximum absolute atomic E-state index is 6.45. The smallest absolute Gasteiger partial charge is 0.143 e. The first kappa shape index (κ1) is 21.2. The van der Waals surface area contributed by atoms with E-state index in [4.69, 9.17) is 9.40 Å². The largest absolute Gasteiger partial charge is 0.455 e. The van der Waals surface area contributed by atoms with E-state index in [0.717, 1.165) is 55.4 Å². The molecule has 0 aliphatic rings. The molecule has 0 atom stereocenters. The van der Waals surface area contributed by atoms with Gasteiger partial charge >= 0.3 is 0 Å². The highest BCUT2D eigenvalue weighted by Gasteiger charge is 2.15. The zero-order chi connectivity index (χ0) is 25.2. The van der Waals surface area contributed by atoms with Crippen LogP contribution >= 0.6 is 0 Å². The maximum atomic E-state index is 6.45. The molecule has 0 unspecified atom stereocenters. The van der Waals surface area contributed by atoms with Crippen LogP contribution in [0.2, 0.25) is 0 Å². The van der Waals surface area contributed by atoms with Crippen LogP contribution in [0.15, 0.2) is 126 Å². The van der Waals surface area contributed by atoms with Gasteiger partial charge in [-0.2, -0.15) is 0 Å². The van der Waals surface area contributed by atoms with Crippen molar-refractivity contribution in [3.05, 3.63) is 127 Å². The van der Waals surface area contributed by atoms with Gasteiger partial charge in [-0.3, -0.25) is 0 Å². The Bertz CT molecular complexity index is 2170. The summed E-state index contributed by atoms with van der Waals surface area (Å²) in [5, 5.41) is 8.41. The summed E-state index contributed by atoms with van der Waals surface area (Å²) >= 11 is 0. The predicted octanol–water partition coefficient (Wildman–Crippen LogP) is 10.1. The van der Waals surface area contributed by atoms with Crippen LogP contribution in [0, 0.1) is 6.92 Å². The third kappa shape index (κ3) is 3.04. The van der Waals surface area contributed by atoms with E-state index in [1.165, 1.54) is 26.9 Å². The molecule has 38 heavy (non-hydrogen) atoms. The Morgan fingerprint density at radius 3 is 1.84 bits per heavy atom. The summed E-state index contributed by atoms with van der Waals surface area (Å²) in [6, 6.07) is 43.0. The number of rotatable bonds is 2. The van der Waals surface area contributed by atoms with Gasteiger partial charge in [-0.05, 0) is 52.4 Å². The number of benzene rings is 6. The zero-order valence-electron chi connectivity index (χ0n) is 20.9. The van der Waals surface area contributed by atoms with Crippen LogP contribution in [0.25, 0.3) is 76.8 Å². The van der Waals surface area contributed by atoms with E-state index in [1.54, 1.807) is 0 Å². The van der Waals surface area contributed by atoms with Gasteiger partial charge in [0.25, 0.3) is 0 Å². The third-order valence-corrected chi connectivity index (χ3v) is 7.78. The quantitative estimate of drug-likeness (QED) is 0.228. The van der Waals surface area contributed by atoms with Gasteiger partial charge in [0.05, 0.1) is 11.2 Å². The van der Waals surface area contributed by atoms with E-state index >= 15 is 0 Å². The van der Waals surface area contributed by atoms with Crippen molar-refractivity contribution in [2.45, 2.75) is 6.92 Å². The van der Waals surface area contributed by atoms with Gasteiger partial charge in [-0.25, -0.2) is 4.98 Å². The standard InChI is InChI=1S/C36H23NO/c1-22-9-6-17-31-32-18-8-16-25(36(32)38-35(22)31)23-10-7-11-24(21-23)33-20-19-30-28-14-3-2-12-26(28)27-13-4-5-15-29(27)34(30)37-33/h2-21H,1H3. The van der Waals surface area contributed by atoms with Gasteiger partial charge in [0.1, 0.15) is 11.2 Å². The highest BCUT2D eigenvalue weighted by molar-refractivity contribution is 6.24. The van der Waals surface area contributed by atoms with Crippen LogP contribution in [-0.4, -0.2) is 4.98 Å². The van der Waals surface area contributed by atoms with Crippen molar-refractivity contribution in [3.8, 4) is 22.4 Å². The summed E-state index contributed by atoms with van der Waals surface area (Å²) in [5.41, 5.74) is 8.35. The van der Waals surface area contributed by atoms with E-state index in [9.17, 15) is 0 Å². The first-order valence-electron chi connectivity index (χ1n) is 13.0. The fraction of sp³-hybridized carbons (Fsp3) is 0.0278. The summed E-state index contributed by atoms with van der Waals surface area (Å²) in [6.45, 7) is 2.10. The molecule has 2 heterocycles. The van der Waals surface area contributed by atoms with Crippen molar-refractivity contribution in [1.29, 1.82) is 0 Å². The van der Waals surface area contributed by atoms with Gasteiger partial charge in [-0.15, -0.1) is 0 Å². The number of hydrogen-bond donors (Lipinski definition) is 0. The van der Waals surface area contributed by atoms with Crippen molar-refractivity contribution < 1.29 is 4.42 Å². The van der Waals surface area contributed by atoms with E-state index in [1.807, 2.05) is 0 Å². The lowest BCUT2D eigenvalue weighted by molar-refractivity contribution is 0.667. The number of aryl methyl sites for hydroxylation is 1. The summed E-state index contributed by atoms with van der Waals surface area (Å²) in [7, 11) is 0. The molecule has 0 fully saturated rings. The second kappa shape index (κ2) is 8.03. The van der Waals surface area contributed by atoms with E-state index in [2.05, 4.69) is 128 Å². The maximum Gasteiger partial charge on any atom is 0.143 e. The summed E-state index contributed by atoms with van der Waals surface area (Å²) in [5.74, 6) is 0. The van der Waals surface area contributed by atoms with Crippen LogP contribution < -0.4 is 0 Å². The van der Waals surface area contributed by atoms with Crippen molar-refractivity contribution in [1.82, 2.24) is 4.98 Å². The predicted molar refractivity (Wildman–Crippen MR) is 160 cm³/mol. The van der Waals surface area contributed by atoms with Crippen LogP contribution in [0.3, 0.4) is 0 Å². The molecule has 6 aromatic carbocycles. The number of furan rings is 1. The number of aromatic nitrogens is 1.